The topological polar surface area (TPSA) is 70.1 Å². The van der Waals surface area contributed by atoms with E-state index in [9.17, 15) is 14.7 Å². The van der Waals surface area contributed by atoms with Crippen molar-refractivity contribution in [2.24, 2.45) is 11.8 Å². The van der Waals surface area contributed by atoms with Gasteiger partial charge in [0.25, 0.3) is 0 Å². The molecular weight excluding hydrogens is 416 g/mol. The molecule has 1 aliphatic carbocycles. The largest absolute Gasteiger partial charge is 0.394 e. The fourth-order valence-corrected chi connectivity index (χ4v) is 6.09. The SMILES string of the molecule is O=C(C1CCOCC1)N1CC(=O)N2[C@H](CO)[C@H](c3ccc(C#CC4CCCCC4)cc3)[C@@H]2C1. The molecule has 6 heteroatoms. The highest BCUT2D eigenvalue weighted by atomic mass is 16.5. The first-order chi connectivity index (χ1) is 16.2. The van der Waals surface area contributed by atoms with Crippen LogP contribution in [0.1, 0.15) is 62.0 Å². The lowest BCUT2D eigenvalue weighted by molar-refractivity contribution is -0.169. The molecule has 3 saturated heterocycles. The standard InChI is InChI=1S/C27H34N2O4/c30-18-24-26(21-10-8-20(9-11-21)7-6-19-4-2-1-3-5-19)23-16-28(17-25(31)29(23)24)27(32)22-12-14-33-15-13-22/h8-11,19,22-24,26,30H,1-5,12-18H2/t23-,24+,26+/m0/s1. The summed E-state index contributed by atoms with van der Waals surface area (Å²) in [6, 6.07) is 7.97. The molecule has 3 atom stereocenters. The number of amides is 2. The van der Waals surface area contributed by atoms with Gasteiger partial charge in [-0.2, -0.15) is 0 Å². The summed E-state index contributed by atoms with van der Waals surface area (Å²) in [6.07, 6.45) is 7.77. The van der Waals surface area contributed by atoms with Gasteiger partial charge in [0.1, 0.15) is 0 Å². The van der Waals surface area contributed by atoms with E-state index in [1.807, 2.05) is 0 Å². The summed E-state index contributed by atoms with van der Waals surface area (Å²) in [5, 5.41) is 10.0. The van der Waals surface area contributed by atoms with Crippen molar-refractivity contribution in [2.75, 3.05) is 32.9 Å². The summed E-state index contributed by atoms with van der Waals surface area (Å²) < 4.78 is 5.39. The van der Waals surface area contributed by atoms with E-state index in [4.69, 9.17) is 4.74 Å². The van der Waals surface area contributed by atoms with Gasteiger partial charge < -0.3 is 19.6 Å². The number of rotatable bonds is 3. The zero-order chi connectivity index (χ0) is 22.8. The summed E-state index contributed by atoms with van der Waals surface area (Å²) in [4.78, 5) is 29.5. The van der Waals surface area contributed by atoms with Crippen molar-refractivity contribution in [3.8, 4) is 11.8 Å². The number of benzene rings is 1. The molecule has 1 N–H and O–H groups in total. The Balaban J connectivity index is 1.29. The fraction of sp³-hybridized carbons (Fsp3) is 0.630. The van der Waals surface area contributed by atoms with Crippen LogP contribution in [0.25, 0.3) is 0 Å². The molecule has 1 aromatic carbocycles. The van der Waals surface area contributed by atoms with Crippen molar-refractivity contribution < 1.29 is 19.4 Å². The van der Waals surface area contributed by atoms with Gasteiger partial charge in [-0.15, -0.1) is 0 Å². The van der Waals surface area contributed by atoms with E-state index >= 15 is 0 Å². The predicted octanol–water partition coefficient (Wildman–Crippen LogP) is 2.54. The van der Waals surface area contributed by atoms with E-state index in [0.29, 0.717) is 25.7 Å². The number of hydrogen-bond donors (Lipinski definition) is 1. The Morgan fingerprint density at radius 3 is 2.48 bits per heavy atom. The maximum Gasteiger partial charge on any atom is 0.242 e. The molecule has 0 bridgehead atoms. The molecule has 1 aromatic rings. The number of fused-ring (bicyclic) bond motifs is 1. The first-order valence-electron chi connectivity index (χ1n) is 12.6. The molecule has 176 valence electrons. The highest BCUT2D eigenvalue weighted by Crippen LogP contribution is 2.43. The van der Waals surface area contributed by atoms with Crippen LogP contribution in [0.5, 0.6) is 0 Å². The molecule has 6 nitrogen and oxygen atoms in total. The molecule has 33 heavy (non-hydrogen) atoms. The van der Waals surface area contributed by atoms with Gasteiger partial charge in [-0.25, -0.2) is 0 Å². The molecule has 0 aromatic heterocycles. The predicted molar refractivity (Wildman–Crippen MR) is 124 cm³/mol. The normalized spacial score (nSPS) is 28.5. The lowest BCUT2D eigenvalue weighted by Gasteiger charge is -2.59. The Hall–Kier alpha value is -2.36. The van der Waals surface area contributed by atoms with Crippen LogP contribution in [-0.4, -0.2) is 71.7 Å². The molecule has 3 heterocycles. The van der Waals surface area contributed by atoms with Crippen LogP contribution >= 0.6 is 0 Å². The average molecular weight is 451 g/mol. The van der Waals surface area contributed by atoms with E-state index < -0.39 is 0 Å². The number of ether oxygens (including phenoxy) is 1. The van der Waals surface area contributed by atoms with Gasteiger partial charge in [-0.05, 0) is 43.4 Å². The highest BCUT2D eigenvalue weighted by molar-refractivity contribution is 5.88. The summed E-state index contributed by atoms with van der Waals surface area (Å²) >= 11 is 0. The van der Waals surface area contributed by atoms with Crippen LogP contribution in [-0.2, 0) is 14.3 Å². The number of aliphatic hydroxyl groups excluding tert-OH is 1. The summed E-state index contributed by atoms with van der Waals surface area (Å²) in [7, 11) is 0. The van der Waals surface area contributed by atoms with Gasteiger partial charge in [0.15, 0.2) is 0 Å². The van der Waals surface area contributed by atoms with Crippen LogP contribution in [0.4, 0.5) is 0 Å². The van der Waals surface area contributed by atoms with Gasteiger partial charge >= 0.3 is 0 Å². The first kappa shape index (κ1) is 22.4. The number of aliphatic hydroxyl groups is 1. The lowest BCUT2D eigenvalue weighted by Crippen LogP contribution is -2.73. The summed E-state index contributed by atoms with van der Waals surface area (Å²) in [5.41, 5.74) is 2.11. The molecule has 4 fully saturated rings. The average Bonchev–Trinajstić information content (AvgIpc) is 2.85. The third-order valence-corrected chi connectivity index (χ3v) is 7.96. The smallest absolute Gasteiger partial charge is 0.242 e. The van der Waals surface area contributed by atoms with Gasteiger partial charge in [0.05, 0.1) is 25.2 Å². The molecule has 0 unspecified atom stereocenters. The molecule has 0 radical (unpaired) electrons. The Kier molecular flexibility index (Phi) is 6.71. The Bertz CT molecular complexity index is 922. The third-order valence-electron chi connectivity index (χ3n) is 7.96. The van der Waals surface area contributed by atoms with Crippen LogP contribution in [0, 0.1) is 23.7 Å². The number of carbonyl (C=O) groups is 2. The van der Waals surface area contributed by atoms with Gasteiger partial charge in [-0.3, -0.25) is 9.59 Å². The molecule has 1 saturated carbocycles. The van der Waals surface area contributed by atoms with Crippen molar-refractivity contribution in [2.45, 2.75) is 62.9 Å². The number of nitrogens with zero attached hydrogens (tertiary/aromatic N) is 2. The van der Waals surface area contributed by atoms with Gasteiger partial charge in [-0.1, -0.05) is 43.2 Å². The Morgan fingerprint density at radius 2 is 1.79 bits per heavy atom. The van der Waals surface area contributed by atoms with Crippen molar-refractivity contribution >= 4 is 11.8 Å². The molecule has 5 rings (SSSR count). The summed E-state index contributed by atoms with van der Waals surface area (Å²) in [5.74, 6) is 7.29. The molecule has 4 aliphatic rings. The Morgan fingerprint density at radius 1 is 1.06 bits per heavy atom. The van der Waals surface area contributed by atoms with E-state index in [1.165, 1.54) is 32.1 Å². The highest BCUT2D eigenvalue weighted by Gasteiger charge is 2.54. The minimum Gasteiger partial charge on any atom is -0.394 e. The second-order valence-electron chi connectivity index (χ2n) is 9.98. The Labute approximate surface area is 196 Å². The molecule has 2 amide bonds. The zero-order valence-corrected chi connectivity index (χ0v) is 19.2. The molecular formula is C27H34N2O4. The monoisotopic (exact) mass is 450 g/mol. The second-order valence-corrected chi connectivity index (χ2v) is 9.98. The van der Waals surface area contributed by atoms with E-state index in [-0.39, 0.29) is 48.9 Å². The number of carbonyl (C=O) groups excluding carboxylic acids is 2. The van der Waals surface area contributed by atoms with Crippen LogP contribution in [0.2, 0.25) is 0 Å². The zero-order valence-electron chi connectivity index (χ0n) is 19.2. The third kappa shape index (κ3) is 4.54. The van der Waals surface area contributed by atoms with Gasteiger partial charge in [0, 0.05) is 43.1 Å². The maximum absolute atomic E-state index is 13.1. The maximum atomic E-state index is 13.1. The number of hydrogen-bond acceptors (Lipinski definition) is 4. The fourth-order valence-electron chi connectivity index (χ4n) is 6.09. The van der Waals surface area contributed by atoms with Crippen molar-refractivity contribution in [3.05, 3.63) is 35.4 Å². The van der Waals surface area contributed by atoms with Crippen molar-refractivity contribution in [3.63, 3.8) is 0 Å². The van der Waals surface area contributed by atoms with Crippen LogP contribution in [0.15, 0.2) is 24.3 Å². The second kappa shape index (κ2) is 9.87. The minimum absolute atomic E-state index is 0.0320. The molecule has 3 aliphatic heterocycles. The first-order valence-corrected chi connectivity index (χ1v) is 12.6. The van der Waals surface area contributed by atoms with Gasteiger partial charge in [0.2, 0.25) is 11.8 Å². The van der Waals surface area contributed by atoms with Crippen LogP contribution in [0.3, 0.4) is 0 Å². The van der Waals surface area contributed by atoms with E-state index in [2.05, 4.69) is 36.1 Å². The number of piperazine rings is 1. The van der Waals surface area contributed by atoms with Crippen molar-refractivity contribution in [1.82, 2.24) is 9.80 Å². The summed E-state index contributed by atoms with van der Waals surface area (Å²) in [6.45, 7) is 1.81. The molecule has 0 spiro atoms. The quantitative estimate of drug-likeness (QED) is 0.719. The van der Waals surface area contributed by atoms with E-state index in [1.54, 1.807) is 9.80 Å². The van der Waals surface area contributed by atoms with E-state index in [0.717, 1.165) is 24.0 Å². The lowest BCUT2D eigenvalue weighted by atomic mass is 9.73. The minimum atomic E-state index is -0.220. The van der Waals surface area contributed by atoms with Crippen molar-refractivity contribution in [1.29, 1.82) is 0 Å². The van der Waals surface area contributed by atoms with Crippen LogP contribution < -0.4 is 0 Å².